The van der Waals surface area contributed by atoms with Gasteiger partial charge in [-0.3, -0.25) is 13.8 Å². The van der Waals surface area contributed by atoms with E-state index in [1.54, 1.807) is 18.2 Å². The van der Waals surface area contributed by atoms with E-state index in [0.29, 0.717) is 50.4 Å². The second-order valence-corrected chi connectivity index (χ2v) is 8.27. The molecule has 0 saturated carbocycles. The van der Waals surface area contributed by atoms with Crippen molar-refractivity contribution in [3.63, 3.8) is 0 Å². The number of carbonyl (C=O) groups excluding carboxylic acids is 1. The Morgan fingerprint density at radius 2 is 1.67 bits per heavy atom. The van der Waals surface area contributed by atoms with Gasteiger partial charge in [0, 0.05) is 18.9 Å². The third-order valence-electron chi connectivity index (χ3n) is 4.01. The number of rotatable bonds is 16. The summed E-state index contributed by atoms with van der Waals surface area (Å²) < 4.78 is 42.5. The molecule has 0 bridgehead atoms. The number of methoxy groups -OCH3 is 1. The molecular formula is C20H30O9S. The summed E-state index contributed by atoms with van der Waals surface area (Å²) >= 11 is 0. The maximum Gasteiger partial charge on any atom is 0.305 e. The van der Waals surface area contributed by atoms with E-state index in [-0.39, 0.29) is 25.4 Å². The summed E-state index contributed by atoms with van der Waals surface area (Å²) in [5.41, 5.74) is 0.764. The van der Waals surface area contributed by atoms with Crippen molar-refractivity contribution in [1.29, 1.82) is 0 Å². The van der Waals surface area contributed by atoms with Crippen LogP contribution in [0.1, 0.15) is 44.1 Å². The van der Waals surface area contributed by atoms with E-state index in [0.717, 1.165) is 18.2 Å². The molecule has 0 aromatic heterocycles. The molecule has 170 valence electrons. The maximum atomic E-state index is 11.1. The topological polar surface area (TPSA) is 125 Å². The van der Waals surface area contributed by atoms with Gasteiger partial charge in [-0.1, -0.05) is 6.07 Å². The minimum absolute atomic E-state index is 0.0154. The Morgan fingerprint density at radius 3 is 2.33 bits per heavy atom. The lowest BCUT2D eigenvalue weighted by atomic mass is 10.1. The van der Waals surface area contributed by atoms with E-state index in [4.69, 9.17) is 14.6 Å². The lowest BCUT2D eigenvalue weighted by Gasteiger charge is -2.14. The summed E-state index contributed by atoms with van der Waals surface area (Å²) in [6.07, 6.45) is 4.11. The summed E-state index contributed by atoms with van der Waals surface area (Å²) in [5, 5.41) is 8.92. The third-order valence-corrected chi connectivity index (χ3v) is 4.61. The van der Waals surface area contributed by atoms with Gasteiger partial charge in [-0.15, -0.1) is 0 Å². The standard InChI is InChI=1S/C20H30O9S/c1-26-20(23)7-6-13-27-17-10-8-16(9-11-19(21)22)18(15-17)28-12-4-3-5-14-29-30(2,24)25/h8,10,15H,3-7,9,11-14H2,1-2H3,(H,21,22). The minimum atomic E-state index is -3.42. The van der Waals surface area contributed by atoms with Crippen molar-refractivity contribution >= 4 is 22.1 Å². The Labute approximate surface area is 177 Å². The molecule has 0 aliphatic heterocycles. The Kier molecular flexibility index (Phi) is 11.8. The lowest BCUT2D eigenvalue weighted by Crippen LogP contribution is -2.06. The second kappa shape index (κ2) is 13.8. The Morgan fingerprint density at radius 1 is 0.967 bits per heavy atom. The van der Waals surface area contributed by atoms with E-state index in [1.807, 2.05) is 0 Å². The Bertz CT molecular complexity index is 774. The van der Waals surface area contributed by atoms with E-state index >= 15 is 0 Å². The highest BCUT2D eigenvalue weighted by Gasteiger charge is 2.09. The number of benzene rings is 1. The molecule has 0 aliphatic carbocycles. The first kappa shape index (κ1) is 25.7. The predicted molar refractivity (Wildman–Crippen MR) is 109 cm³/mol. The van der Waals surface area contributed by atoms with Crippen molar-refractivity contribution in [1.82, 2.24) is 0 Å². The summed E-state index contributed by atoms with van der Waals surface area (Å²) in [6, 6.07) is 5.22. The number of carboxylic acids is 1. The van der Waals surface area contributed by atoms with Crippen molar-refractivity contribution in [3.05, 3.63) is 23.8 Å². The first-order valence-corrected chi connectivity index (χ1v) is 11.5. The summed E-state index contributed by atoms with van der Waals surface area (Å²) in [6.45, 7) is 0.867. The van der Waals surface area contributed by atoms with Gasteiger partial charge in [-0.25, -0.2) is 0 Å². The smallest absolute Gasteiger partial charge is 0.305 e. The van der Waals surface area contributed by atoms with Crippen LogP contribution in [0.3, 0.4) is 0 Å². The lowest BCUT2D eigenvalue weighted by molar-refractivity contribution is -0.141. The first-order chi connectivity index (χ1) is 14.2. The molecule has 0 heterocycles. The maximum absolute atomic E-state index is 11.1. The normalized spacial score (nSPS) is 11.1. The summed E-state index contributed by atoms with van der Waals surface area (Å²) in [7, 11) is -2.08. The number of unbranched alkanes of at least 4 members (excludes halogenated alkanes) is 2. The van der Waals surface area contributed by atoms with Crippen LogP contribution in [-0.2, 0) is 35.0 Å². The molecule has 0 spiro atoms. The molecule has 1 aromatic carbocycles. The van der Waals surface area contributed by atoms with Gasteiger partial charge >= 0.3 is 11.9 Å². The van der Waals surface area contributed by atoms with Crippen LogP contribution >= 0.6 is 0 Å². The average Bonchev–Trinajstić information content (AvgIpc) is 2.68. The van der Waals surface area contributed by atoms with Gasteiger partial charge in [0.15, 0.2) is 0 Å². The molecule has 0 radical (unpaired) electrons. The average molecular weight is 447 g/mol. The molecule has 0 saturated heterocycles. The molecule has 0 atom stereocenters. The van der Waals surface area contributed by atoms with Crippen LogP contribution in [-0.4, -0.2) is 58.6 Å². The molecule has 0 fully saturated rings. The zero-order chi connectivity index (χ0) is 22.4. The monoisotopic (exact) mass is 446 g/mol. The van der Waals surface area contributed by atoms with Crippen LogP contribution in [0, 0.1) is 0 Å². The van der Waals surface area contributed by atoms with Crippen molar-refractivity contribution in [2.45, 2.75) is 44.9 Å². The van der Waals surface area contributed by atoms with Gasteiger partial charge in [0.05, 0.1) is 33.2 Å². The summed E-state index contributed by atoms with van der Waals surface area (Å²) in [5.74, 6) is -0.0758. The zero-order valence-electron chi connectivity index (χ0n) is 17.4. The molecule has 1 rings (SSSR count). The van der Waals surface area contributed by atoms with Crippen LogP contribution in [0.15, 0.2) is 18.2 Å². The number of carboxylic acid groups (broad SMARTS) is 1. The SMILES string of the molecule is COC(=O)CCCOc1ccc(CCC(=O)O)c(OCCCCCOS(C)(=O)=O)c1. The van der Waals surface area contributed by atoms with Crippen molar-refractivity contribution in [2.75, 3.05) is 33.2 Å². The van der Waals surface area contributed by atoms with Gasteiger partial charge in [0.25, 0.3) is 10.1 Å². The summed E-state index contributed by atoms with van der Waals surface area (Å²) in [4.78, 5) is 22.0. The number of ether oxygens (including phenoxy) is 3. The van der Waals surface area contributed by atoms with Gasteiger partial charge < -0.3 is 19.3 Å². The highest BCUT2D eigenvalue weighted by molar-refractivity contribution is 7.85. The molecular weight excluding hydrogens is 416 g/mol. The molecule has 1 N–H and O–H groups in total. The fourth-order valence-electron chi connectivity index (χ4n) is 2.49. The third kappa shape index (κ3) is 12.3. The van der Waals surface area contributed by atoms with E-state index in [1.165, 1.54) is 7.11 Å². The van der Waals surface area contributed by atoms with Gasteiger partial charge in [0.2, 0.25) is 0 Å². The fourth-order valence-corrected chi connectivity index (χ4v) is 2.91. The van der Waals surface area contributed by atoms with Gasteiger partial charge in [0.1, 0.15) is 11.5 Å². The van der Waals surface area contributed by atoms with Crippen LogP contribution in [0.2, 0.25) is 0 Å². The minimum Gasteiger partial charge on any atom is -0.493 e. The molecule has 30 heavy (non-hydrogen) atoms. The largest absolute Gasteiger partial charge is 0.493 e. The number of aryl methyl sites for hydroxylation is 1. The number of hydrogen-bond donors (Lipinski definition) is 1. The number of hydrogen-bond acceptors (Lipinski definition) is 8. The Hall–Kier alpha value is -2.33. The number of esters is 1. The second-order valence-electron chi connectivity index (χ2n) is 6.63. The predicted octanol–water partition coefficient (Wildman–Crippen LogP) is 2.56. The van der Waals surface area contributed by atoms with Crippen LogP contribution in [0.4, 0.5) is 0 Å². The van der Waals surface area contributed by atoms with Crippen LogP contribution in [0.25, 0.3) is 0 Å². The van der Waals surface area contributed by atoms with Crippen molar-refractivity contribution < 1.29 is 41.5 Å². The van der Waals surface area contributed by atoms with E-state index in [9.17, 15) is 18.0 Å². The highest BCUT2D eigenvalue weighted by atomic mass is 32.2. The molecule has 0 aliphatic rings. The molecule has 0 amide bonds. The van der Waals surface area contributed by atoms with Crippen molar-refractivity contribution in [2.24, 2.45) is 0 Å². The molecule has 10 heteroatoms. The Balaban J connectivity index is 2.53. The van der Waals surface area contributed by atoms with Crippen LogP contribution < -0.4 is 9.47 Å². The number of carbonyl (C=O) groups is 2. The molecule has 9 nitrogen and oxygen atoms in total. The van der Waals surface area contributed by atoms with Gasteiger partial charge in [-0.05, 0) is 43.7 Å². The van der Waals surface area contributed by atoms with Gasteiger partial charge in [-0.2, -0.15) is 8.42 Å². The zero-order valence-corrected chi connectivity index (χ0v) is 18.2. The van der Waals surface area contributed by atoms with E-state index < -0.39 is 16.1 Å². The molecule has 1 aromatic rings. The van der Waals surface area contributed by atoms with Crippen molar-refractivity contribution in [3.8, 4) is 11.5 Å². The quantitative estimate of drug-likeness (QED) is 0.232. The molecule has 0 unspecified atom stereocenters. The first-order valence-electron chi connectivity index (χ1n) is 9.73. The highest BCUT2D eigenvalue weighted by Crippen LogP contribution is 2.27. The number of aliphatic carboxylic acids is 1. The fraction of sp³-hybridized carbons (Fsp3) is 0.600. The van der Waals surface area contributed by atoms with Crippen LogP contribution in [0.5, 0.6) is 11.5 Å². The van der Waals surface area contributed by atoms with E-state index in [2.05, 4.69) is 8.92 Å².